The van der Waals surface area contributed by atoms with Crippen molar-refractivity contribution in [2.24, 2.45) is 0 Å². The van der Waals surface area contributed by atoms with E-state index in [0.29, 0.717) is 18.6 Å². The highest BCUT2D eigenvalue weighted by molar-refractivity contribution is 7.80. The van der Waals surface area contributed by atoms with Crippen LogP contribution in [0.2, 0.25) is 0 Å². The molecule has 4 heteroatoms. The molecule has 0 saturated heterocycles. The number of hydrogen-bond acceptors (Lipinski definition) is 4. The molecule has 0 bridgehead atoms. The van der Waals surface area contributed by atoms with Gasteiger partial charge in [0.05, 0.1) is 6.42 Å². The number of esters is 1. The predicted molar refractivity (Wildman–Crippen MR) is 50.3 cm³/mol. The zero-order valence-electron chi connectivity index (χ0n) is 7.54. The third kappa shape index (κ3) is 5.43. The molecule has 1 N–H and O–H groups in total. The van der Waals surface area contributed by atoms with Gasteiger partial charge in [0.25, 0.3) is 0 Å². The molecule has 0 spiro atoms. The fraction of sp³-hybridized carbons (Fsp3) is 0.875. The van der Waals surface area contributed by atoms with Crippen LogP contribution in [-0.4, -0.2) is 29.0 Å². The Balaban J connectivity index is 3.79. The Morgan fingerprint density at radius 1 is 1.58 bits per heavy atom. The molecule has 0 aliphatic heterocycles. The molecule has 0 unspecified atom stereocenters. The maximum Gasteiger partial charge on any atom is 0.307 e. The quantitative estimate of drug-likeness (QED) is 0.505. The summed E-state index contributed by atoms with van der Waals surface area (Å²) < 4.78 is 5.07. The predicted octanol–water partition coefficient (Wildman–Crippen LogP) is 1.01. The molecule has 3 nitrogen and oxygen atoms in total. The number of carbonyl (C=O) groups excluding carboxylic acids is 1. The Morgan fingerprint density at radius 2 is 2.17 bits per heavy atom. The third-order valence-corrected chi connectivity index (χ3v) is 1.64. The fourth-order valence-corrected chi connectivity index (χ4v) is 0.953. The van der Waals surface area contributed by atoms with E-state index in [-0.39, 0.29) is 12.6 Å². The van der Waals surface area contributed by atoms with E-state index in [1.165, 1.54) is 0 Å². The van der Waals surface area contributed by atoms with E-state index in [1.807, 2.05) is 0 Å². The van der Waals surface area contributed by atoms with Gasteiger partial charge in [0.1, 0.15) is 5.60 Å². The molecule has 0 radical (unpaired) electrons. The van der Waals surface area contributed by atoms with Gasteiger partial charge >= 0.3 is 5.97 Å². The third-order valence-electron chi connectivity index (χ3n) is 1.42. The SMILES string of the molecule is CC(C)(CCO)OC(=O)CCS. The van der Waals surface area contributed by atoms with Crippen LogP contribution in [-0.2, 0) is 9.53 Å². The molecule has 0 aliphatic carbocycles. The summed E-state index contributed by atoms with van der Waals surface area (Å²) in [5.41, 5.74) is -0.561. The van der Waals surface area contributed by atoms with Crippen molar-refractivity contribution < 1.29 is 14.6 Å². The van der Waals surface area contributed by atoms with Crippen LogP contribution in [0.3, 0.4) is 0 Å². The smallest absolute Gasteiger partial charge is 0.307 e. The van der Waals surface area contributed by atoms with E-state index in [4.69, 9.17) is 9.84 Å². The summed E-state index contributed by atoms with van der Waals surface area (Å²) in [5, 5.41) is 8.64. The van der Waals surface area contributed by atoms with Gasteiger partial charge in [0, 0.05) is 18.8 Å². The first-order valence-electron chi connectivity index (χ1n) is 3.95. The normalized spacial score (nSPS) is 11.3. The Morgan fingerprint density at radius 3 is 2.58 bits per heavy atom. The summed E-state index contributed by atoms with van der Waals surface area (Å²) >= 11 is 3.91. The lowest BCUT2D eigenvalue weighted by atomic mass is 10.1. The van der Waals surface area contributed by atoms with Gasteiger partial charge in [0.15, 0.2) is 0 Å². The minimum absolute atomic E-state index is 0.0289. The van der Waals surface area contributed by atoms with Crippen molar-refractivity contribution in [1.29, 1.82) is 0 Å². The topological polar surface area (TPSA) is 46.5 Å². The molecular formula is C8H16O3S. The second-order valence-corrected chi connectivity index (χ2v) is 3.63. The summed E-state index contributed by atoms with van der Waals surface area (Å²) in [6, 6.07) is 0. The van der Waals surface area contributed by atoms with E-state index in [0.717, 1.165) is 0 Å². The molecule has 0 aromatic heterocycles. The summed E-state index contributed by atoms with van der Waals surface area (Å²) in [4.78, 5) is 11.0. The van der Waals surface area contributed by atoms with Gasteiger partial charge in [-0.25, -0.2) is 0 Å². The van der Waals surface area contributed by atoms with Gasteiger partial charge < -0.3 is 9.84 Å². The lowest BCUT2D eigenvalue weighted by Crippen LogP contribution is -2.29. The van der Waals surface area contributed by atoms with Crippen molar-refractivity contribution in [3.63, 3.8) is 0 Å². The molecule has 12 heavy (non-hydrogen) atoms. The molecule has 0 heterocycles. The average Bonchev–Trinajstić information content (AvgIpc) is 1.85. The highest BCUT2D eigenvalue weighted by Gasteiger charge is 2.21. The van der Waals surface area contributed by atoms with Crippen LogP contribution in [0.4, 0.5) is 0 Å². The Hall–Kier alpha value is -0.220. The molecular weight excluding hydrogens is 176 g/mol. The van der Waals surface area contributed by atoms with Crippen molar-refractivity contribution >= 4 is 18.6 Å². The molecule has 0 fully saturated rings. The zero-order valence-corrected chi connectivity index (χ0v) is 8.43. The monoisotopic (exact) mass is 192 g/mol. The van der Waals surface area contributed by atoms with Crippen LogP contribution >= 0.6 is 12.6 Å². The maximum atomic E-state index is 11.0. The molecule has 0 rings (SSSR count). The zero-order chi connectivity index (χ0) is 9.61. The number of thiol groups is 1. The van der Waals surface area contributed by atoms with Crippen LogP contribution < -0.4 is 0 Å². The van der Waals surface area contributed by atoms with Gasteiger partial charge in [-0.05, 0) is 13.8 Å². The van der Waals surface area contributed by atoms with E-state index < -0.39 is 5.60 Å². The van der Waals surface area contributed by atoms with Crippen LogP contribution in [0.15, 0.2) is 0 Å². The van der Waals surface area contributed by atoms with E-state index in [2.05, 4.69) is 12.6 Å². The van der Waals surface area contributed by atoms with Crippen LogP contribution in [0.1, 0.15) is 26.7 Å². The molecule has 72 valence electrons. The highest BCUT2D eigenvalue weighted by Crippen LogP contribution is 2.14. The summed E-state index contributed by atoms with van der Waals surface area (Å²) in [6.07, 6.45) is 0.781. The number of aliphatic hydroxyl groups excluding tert-OH is 1. The summed E-state index contributed by atoms with van der Waals surface area (Å²) in [6.45, 7) is 3.58. The maximum absolute atomic E-state index is 11.0. The standard InChI is InChI=1S/C8H16O3S/c1-8(2,4-5-9)11-7(10)3-6-12/h9,12H,3-6H2,1-2H3. The number of hydrogen-bond donors (Lipinski definition) is 2. The van der Waals surface area contributed by atoms with Gasteiger partial charge in [-0.3, -0.25) is 4.79 Å². The van der Waals surface area contributed by atoms with Gasteiger partial charge in [-0.1, -0.05) is 0 Å². The van der Waals surface area contributed by atoms with Gasteiger partial charge in [0.2, 0.25) is 0 Å². The minimum Gasteiger partial charge on any atom is -0.460 e. The van der Waals surface area contributed by atoms with E-state index >= 15 is 0 Å². The van der Waals surface area contributed by atoms with Crippen molar-refractivity contribution in [2.75, 3.05) is 12.4 Å². The largest absolute Gasteiger partial charge is 0.460 e. The van der Waals surface area contributed by atoms with E-state index in [1.54, 1.807) is 13.8 Å². The lowest BCUT2D eigenvalue weighted by molar-refractivity contribution is -0.157. The van der Waals surface area contributed by atoms with Crippen molar-refractivity contribution in [3.8, 4) is 0 Å². The first-order chi connectivity index (χ1) is 5.52. The highest BCUT2D eigenvalue weighted by atomic mass is 32.1. The molecule has 0 aromatic carbocycles. The molecule has 0 aliphatic rings. The van der Waals surface area contributed by atoms with Crippen molar-refractivity contribution in [3.05, 3.63) is 0 Å². The van der Waals surface area contributed by atoms with Crippen LogP contribution in [0.5, 0.6) is 0 Å². The average molecular weight is 192 g/mol. The second kappa shape index (κ2) is 5.43. The first kappa shape index (κ1) is 11.8. The molecule has 0 aromatic rings. The molecule has 0 atom stereocenters. The number of aliphatic hydroxyl groups is 1. The Bertz CT molecular complexity index is 145. The van der Waals surface area contributed by atoms with Gasteiger partial charge in [-0.15, -0.1) is 0 Å². The van der Waals surface area contributed by atoms with Crippen molar-refractivity contribution in [1.82, 2.24) is 0 Å². The van der Waals surface area contributed by atoms with Crippen LogP contribution in [0.25, 0.3) is 0 Å². The number of carbonyl (C=O) groups is 1. The lowest BCUT2D eigenvalue weighted by Gasteiger charge is -2.23. The second-order valence-electron chi connectivity index (χ2n) is 3.18. The number of rotatable bonds is 5. The van der Waals surface area contributed by atoms with Crippen LogP contribution in [0, 0.1) is 0 Å². The van der Waals surface area contributed by atoms with Crippen molar-refractivity contribution in [2.45, 2.75) is 32.3 Å². The Kier molecular flexibility index (Phi) is 5.33. The Labute approximate surface area is 78.5 Å². The minimum atomic E-state index is -0.561. The first-order valence-corrected chi connectivity index (χ1v) is 4.58. The number of ether oxygens (including phenoxy) is 1. The summed E-state index contributed by atoms with van der Waals surface area (Å²) in [7, 11) is 0. The van der Waals surface area contributed by atoms with E-state index in [9.17, 15) is 4.79 Å². The van der Waals surface area contributed by atoms with Gasteiger partial charge in [-0.2, -0.15) is 12.6 Å². The fourth-order valence-electron chi connectivity index (χ4n) is 0.771. The summed E-state index contributed by atoms with van der Waals surface area (Å²) in [5.74, 6) is 0.233. The molecule has 0 saturated carbocycles. The molecule has 0 amide bonds.